The minimum atomic E-state index is -0.652. The maximum absolute atomic E-state index is 11.9. The second kappa shape index (κ2) is 7.65. The van der Waals surface area contributed by atoms with Gasteiger partial charge in [-0.2, -0.15) is 0 Å². The topological polar surface area (TPSA) is 83.9 Å². The number of amides is 2. The molecule has 0 saturated carbocycles. The summed E-state index contributed by atoms with van der Waals surface area (Å²) in [7, 11) is 0. The summed E-state index contributed by atoms with van der Waals surface area (Å²) in [6, 6.07) is 14.1. The van der Waals surface area contributed by atoms with Gasteiger partial charge in [-0.15, -0.1) is 5.06 Å². The second-order valence-electron chi connectivity index (χ2n) is 5.89. The van der Waals surface area contributed by atoms with Crippen LogP contribution in [-0.2, 0) is 25.6 Å². The van der Waals surface area contributed by atoms with E-state index in [2.05, 4.69) is 0 Å². The molecule has 0 radical (unpaired) electrons. The Hall–Kier alpha value is -3.41. The molecule has 6 heteroatoms. The molecule has 1 aliphatic heterocycles. The molecule has 0 aromatic heterocycles. The first-order chi connectivity index (χ1) is 12.5. The number of phenolic OH excluding ortho intramolecular Hbond substituents is 1. The van der Waals surface area contributed by atoms with Crippen LogP contribution < -0.4 is 0 Å². The zero-order chi connectivity index (χ0) is 18.5. The van der Waals surface area contributed by atoms with Crippen molar-refractivity contribution in [2.45, 2.75) is 19.3 Å². The van der Waals surface area contributed by atoms with Gasteiger partial charge < -0.3 is 9.94 Å². The number of aromatic hydroxyl groups is 1. The van der Waals surface area contributed by atoms with Crippen LogP contribution in [0.25, 0.3) is 12.2 Å². The van der Waals surface area contributed by atoms with Crippen molar-refractivity contribution in [3.05, 3.63) is 65.2 Å². The van der Waals surface area contributed by atoms with Crippen LogP contribution in [0.1, 0.15) is 29.5 Å². The summed E-state index contributed by atoms with van der Waals surface area (Å²) in [5.74, 6) is -1.41. The zero-order valence-corrected chi connectivity index (χ0v) is 13.9. The summed E-state index contributed by atoms with van der Waals surface area (Å²) in [5, 5.41) is 9.81. The number of carbonyl (C=O) groups excluding carboxylic acids is 3. The van der Waals surface area contributed by atoms with Gasteiger partial charge in [0.05, 0.1) is 6.42 Å². The van der Waals surface area contributed by atoms with Crippen LogP contribution in [0.4, 0.5) is 0 Å². The van der Waals surface area contributed by atoms with Crippen LogP contribution in [0.5, 0.6) is 5.75 Å². The molecule has 1 aliphatic rings. The van der Waals surface area contributed by atoms with Crippen molar-refractivity contribution in [1.29, 1.82) is 0 Å². The van der Waals surface area contributed by atoms with Crippen LogP contribution in [0.3, 0.4) is 0 Å². The Morgan fingerprint density at radius 2 is 1.42 bits per heavy atom. The van der Waals surface area contributed by atoms with E-state index in [-0.39, 0.29) is 25.0 Å². The monoisotopic (exact) mass is 351 g/mol. The van der Waals surface area contributed by atoms with E-state index in [1.165, 1.54) is 0 Å². The molecule has 3 rings (SSSR count). The van der Waals surface area contributed by atoms with Crippen LogP contribution in [-0.4, -0.2) is 28.0 Å². The smallest absolute Gasteiger partial charge is 0.337 e. The lowest BCUT2D eigenvalue weighted by Crippen LogP contribution is -2.32. The maximum atomic E-state index is 11.9. The standard InChI is InChI=1S/C20H17NO5/c22-17-9-7-15(8-10-17)2-1-14-3-5-16(6-4-14)13-20(25)26-21-18(23)11-12-19(21)24/h1-10,22H,11-13H2/b2-1+. The lowest BCUT2D eigenvalue weighted by Gasteiger charge is -2.12. The molecular weight excluding hydrogens is 334 g/mol. The van der Waals surface area contributed by atoms with Gasteiger partial charge >= 0.3 is 5.97 Å². The Balaban J connectivity index is 1.57. The van der Waals surface area contributed by atoms with Gasteiger partial charge in [-0.05, 0) is 28.8 Å². The van der Waals surface area contributed by atoms with Gasteiger partial charge in [-0.1, -0.05) is 48.6 Å². The Morgan fingerprint density at radius 1 is 0.923 bits per heavy atom. The number of benzene rings is 2. The molecule has 0 unspecified atom stereocenters. The van der Waals surface area contributed by atoms with Gasteiger partial charge in [-0.3, -0.25) is 9.59 Å². The minimum absolute atomic E-state index is 0.0288. The normalized spacial score (nSPS) is 14.2. The van der Waals surface area contributed by atoms with E-state index < -0.39 is 17.8 Å². The van der Waals surface area contributed by atoms with Gasteiger partial charge in [0.2, 0.25) is 0 Å². The highest BCUT2D eigenvalue weighted by Crippen LogP contribution is 2.15. The lowest BCUT2D eigenvalue weighted by molar-refractivity contribution is -0.197. The Labute approximate surface area is 150 Å². The molecule has 0 atom stereocenters. The maximum Gasteiger partial charge on any atom is 0.337 e. The fourth-order valence-corrected chi connectivity index (χ4v) is 2.48. The first-order valence-electron chi connectivity index (χ1n) is 8.14. The summed E-state index contributed by atoms with van der Waals surface area (Å²) >= 11 is 0. The Morgan fingerprint density at radius 3 is 1.96 bits per heavy atom. The van der Waals surface area contributed by atoms with E-state index >= 15 is 0 Å². The van der Waals surface area contributed by atoms with Crippen molar-refractivity contribution in [2.75, 3.05) is 0 Å². The molecular formula is C20H17NO5. The van der Waals surface area contributed by atoms with E-state index in [0.717, 1.165) is 16.7 Å². The molecule has 1 N–H and O–H groups in total. The second-order valence-corrected chi connectivity index (χ2v) is 5.89. The average molecular weight is 351 g/mol. The Bertz CT molecular complexity index is 837. The van der Waals surface area contributed by atoms with Crippen LogP contribution in [0, 0.1) is 0 Å². The van der Waals surface area contributed by atoms with Crippen LogP contribution in [0.2, 0.25) is 0 Å². The molecule has 132 valence electrons. The molecule has 0 spiro atoms. The highest BCUT2D eigenvalue weighted by Gasteiger charge is 2.32. The molecule has 2 aromatic rings. The van der Waals surface area contributed by atoms with E-state index in [1.807, 2.05) is 24.3 Å². The zero-order valence-electron chi connectivity index (χ0n) is 13.9. The molecule has 1 saturated heterocycles. The van der Waals surface area contributed by atoms with Gasteiger partial charge in [0.15, 0.2) is 0 Å². The SMILES string of the molecule is O=C(Cc1ccc(/C=C/c2ccc(O)cc2)cc1)ON1C(=O)CCC1=O. The first-order valence-corrected chi connectivity index (χ1v) is 8.14. The highest BCUT2D eigenvalue weighted by molar-refractivity contribution is 6.01. The molecule has 1 fully saturated rings. The number of carbonyl (C=O) groups is 3. The highest BCUT2D eigenvalue weighted by atomic mass is 16.7. The lowest BCUT2D eigenvalue weighted by atomic mass is 10.1. The summed E-state index contributed by atoms with van der Waals surface area (Å²) < 4.78 is 0. The minimum Gasteiger partial charge on any atom is -0.508 e. The number of hydrogen-bond donors (Lipinski definition) is 1. The van der Waals surface area contributed by atoms with Gasteiger partial charge in [-0.25, -0.2) is 4.79 Å². The predicted octanol–water partition coefficient (Wildman–Crippen LogP) is 2.71. The van der Waals surface area contributed by atoms with Crippen molar-refractivity contribution in [1.82, 2.24) is 5.06 Å². The van der Waals surface area contributed by atoms with Crippen LogP contribution in [0.15, 0.2) is 48.5 Å². The number of imide groups is 1. The number of rotatable bonds is 5. The molecule has 2 amide bonds. The summed E-state index contributed by atoms with van der Waals surface area (Å²) in [6.45, 7) is 0. The van der Waals surface area contributed by atoms with E-state index in [4.69, 9.17) is 4.84 Å². The predicted molar refractivity (Wildman–Crippen MR) is 94.4 cm³/mol. The quantitative estimate of drug-likeness (QED) is 0.661. The average Bonchev–Trinajstić information content (AvgIpc) is 2.94. The van der Waals surface area contributed by atoms with Crippen LogP contribution >= 0.6 is 0 Å². The Kier molecular flexibility index (Phi) is 5.12. The molecule has 26 heavy (non-hydrogen) atoms. The third-order valence-corrected chi connectivity index (χ3v) is 3.89. The summed E-state index contributed by atoms with van der Waals surface area (Å²) in [4.78, 5) is 39.6. The fourth-order valence-electron chi connectivity index (χ4n) is 2.48. The van der Waals surface area contributed by atoms with Crippen molar-refractivity contribution < 1.29 is 24.3 Å². The van der Waals surface area contributed by atoms with Gasteiger partial charge in [0.25, 0.3) is 11.8 Å². The van der Waals surface area contributed by atoms with Crippen molar-refractivity contribution in [3.8, 4) is 5.75 Å². The van der Waals surface area contributed by atoms with Gasteiger partial charge in [0, 0.05) is 12.8 Å². The first kappa shape index (κ1) is 17.4. The largest absolute Gasteiger partial charge is 0.508 e. The number of hydroxylamine groups is 2. The number of nitrogens with zero attached hydrogens (tertiary/aromatic N) is 1. The fraction of sp³-hybridized carbons (Fsp3) is 0.150. The third-order valence-electron chi connectivity index (χ3n) is 3.89. The van der Waals surface area contributed by atoms with Crippen molar-refractivity contribution in [3.63, 3.8) is 0 Å². The van der Waals surface area contributed by atoms with Crippen molar-refractivity contribution in [2.24, 2.45) is 0 Å². The van der Waals surface area contributed by atoms with E-state index in [1.54, 1.807) is 36.4 Å². The number of phenols is 1. The third kappa shape index (κ3) is 4.36. The van der Waals surface area contributed by atoms with E-state index in [0.29, 0.717) is 5.06 Å². The van der Waals surface area contributed by atoms with Crippen molar-refractivity contribution >= 4 is 29.9 Å². The molecule has 0 aliphatic carbocycles. The summed E-state index contributed by atoms with van der Waals surface area (Å²) in [5.41, 5.74) is 2.62. The summed E-state index contributed by atoms with van der Waals surface area (Å²) in [6.07, 6.45) is 3.95. The molecule has 6 nitrogen and oxygen atoms in total. The molecule has 2 aromatic carbocycles. The van der Waals surface area contributed by atoms with Gasteiger partial charge in [0.1, 0.15) is 5.75 Å². The number of hydrogen-bond acceptors (Lipinski definition) is 5. The van der Waals surface area contributed by atoms with E-state index in [9.17, 15) is 19.5 Å². The molecule has 1 heterocycles. The molecule has 0 bridgehead atoms.